The van der Waals surface area contributed by atoms with Crippen LogP contribution in [0.3, 0.4) is 0 Å². The van der Waals surface area contributed by atoms with E-state index in [4.69, 9.17) is 0 Å². The molecular weight excluding hydrogens is 263 g/mol. The molecule has 8 heteroatoms. The second kappa shape index (κ2) is 4.88. The Morgan fingerprint density at radius 1 is 1.26 bits per heavy atom. The van der Waals surface area contributed by atoms with Gasteiger partial charge >= 0.3 is 6.36 Å². The molecule has 1 unspecified atom stereocenters. The lowest BCUT2D eigenvalue weighted by atomic mass is 10.1. The first-order valence-electron chi connectivity index (χ1n) is 5.25. The van der Waals surface area contributed by atoms with Crippen LogP contribution in [0.25, 0.3) is 0 Å². The van der Waals surface area contributed by atoms with Gasteiger partial charge in [-0.3, -0.25) is 0 Å². The van der Waals surface area contributed by atoms with Crippen LogP contribution < -0.4 is 4.74 Å². The average molecular weight is 273 g/mol. The summed E-state index contributed by atoms with van der Waals surface area (Å²) in [5, 5.41) is 17.3. The number of hydrogen-bond acceptors (Lipinski definition) is 4. The van der Waals surface area contributed by atoms with E-state index >= 15 is 0 Å². The summed E-state index contributed by atoms with van der Waals surface area (Å²) >= 11 is 0. The highest BCUT2D eigenvalue weighted by molar-refractivity contribution is 5.31. The molecule has 0 saturated heterocycles. The van der Waals surface area contributed by atoms with Crippen LogP contribution in [0.2, 0.25) is 0 Å². The van der Waals surface area contributed by atoms with Crippen LogP contribution in [0.5, 0.6) is 5.75 Å². The number of alkyl halides is 3. The molecule has 0 bridgehead atoms. The van der Waals surface area contributed by atoms with Crippen molar-refractivity contribution in [2.24, 2.45) is 7.05 Å². The Balaban J connectivity index is 2.17. The SMILES string of the molecule is Cn1nncc1C(O)c1ccc(OC(F)(F)F)cc1. The van der Waals surface area contributed by atoms with Gasteiger partial charge in [0.15, 0.2) is 0 Å². The highest BCUT2D eigenvalue weighted by atomic mass is 19.4. The van der Waals surface area contributed by atoms with Crippen molar-refractivity contribution in [3.8, 4) is 5.75 Å². The summed E-state index contributed by atoms with van der Waals surface area (Å²) in [4.78, 5) is 0. The molecule has 1 atom stereocenters. The zero-order valence-electron chi connectivity index (χ0n) is 9.80. The highest BCUT2D eigenvalue weighted by Crippen LogP contribution is 2.26. The summed E-state index contributed by atoms with van der Waals surface area (Å²) in [5.41, 5.74) is 0.851. The molecule has 0 aliphatic rings. The Kier molecular flexibility index (Phi) is 3.43. The number of benzene rings is 1. The summed E-state index contributed by atoms with van der Waals surface area (Å²) in [7, 11) is 1.60. The minimum absolute atomic E-state index is 0.341. The van der Waals surface area contributed by atoms with Gasteiger partial charge in [-0.25, -0.2) is 4.68 Å². The van der Waals surface area contributed by atoms with E-state index < -0.39 is 12.5 Å². The monoisotopic (exact) mass is 273 g/mol. The van der Waals surface area contributed by atoms with Crippen LogP contribution >= 0.6 is 0 Å². The Hall–Kier alpha value is -2.09. The second-order valence-electron chi connectivity index (χ2n) is 3.80. The third kappa shape index (κ3) is 3.22. The second-order valence-corrected chi connectivity index (χ2v) is 3.80. The Morgan fingerprint density at radius 3 is 2.37 bits per heavy atom. The molecule has 19 heavy (non-hydrogen) atoms. The molecule has 2 aromatic rings. The predicted molar refractivity (Wildman–Crippen MR) is 58.2 cm³/mol. The van der Waals surface area contributed by atoms with Crippen molar-refractivity contribution in [3.63, 3.8) is 0 Å². The Bertz CT molecular complexity index is 551. The predicted octanol–water partition coefficient (Wildman–Crippen LogP) is 1.80. The maximum Gasteiger partial charge on any atom is 0.573 e. The summed E-state index contributed by atoms with van der Waals surface area (Å²) in [6.45, 7) is 0. The van der Waals surface area contributed by atoms with Crippen molar-refractivity contribution in [2.75, 3.05) is 0 Å². The van der Waals surface area contributed by atoms with Crippen molar-refractivity contribution in [2.45, 2.75) is 12.5 Å². The van der Waals surface area contributed by atoms with Gasteiger partial charge in [0.05, 0.1) is 11.9 Å². The van der Waals surface area contributed by atoms with Crippen molar-refractivity contribution in [3.05, 3.63) is 41.7 Å². The quantitative estimate of drug-likeness (QED) is 0.926. The van der Waals surface area contributed by atoms with Crippen molar-refractivity contribution >= 4 is 0 Å². The third-order valence-corrected chi connectivity index (χ3v) is 2.46. The molecule has 1 aromatic carbocycles. The zero-order chi connectivity index (χ0) is 14.0. The number of nitrogens with zero attached hydrogens (tertiary/aromatic N) is 3. The van der Waals surface area contributed by atoms with Crippen LogP contribution in [-0.4, -0.2) is 26.5 Å². The zero-order valence-corrected chi connectivity index (χ0v) is 9.80. The fraction of sp³-hybridized carbons (Fsp3) is 0.273. The first kappa shape index (κ1) is 13.3. The molecule has 0 spiro atoms. The molecule has 0 radical (unpaired) electrons. The topological polar surface area (TPSA) is 60.2 Å². The molecule has 102 valence electrons. The van der Waals surface area contributed by atoms with Gasteiger partial charge in [-0.1, -0.05) is 17.3 Å². The van der Waals surface area contributed by atoms with E-state index in [1.165, 1.54) is 23.0 Å². The lowest BCUT2D eigenvalue weighted by molar-refractivity contribution is -0.274. The number of aromatic nitrogens is 3. The van der Waals surface area contributed by atoms with Crippen LogP contribution in [0.1, 0.15) is 17.4 Å². The average Bonchev–Trinajstić information content (AvgIpc) is 2.73. The van der Waals surface area contributed by atoms with Crippen LogP contribution in [-0.2, 0) is 7.05 Å². The van der Waals surface area contributed by atoms with Crippen LogP contribution in [0.15, 0.2) is 30.5 Å². The van der Waals surface area contributed by atoms with Gasteiger partial charge in [0.2, 0.25) is 0 Å². The smallest absolute Gasteiger partial charge is 0.406 e. The fourth-order valence-electron chi connectivity index (χ4n) is 1.57. The molecule has 5 nitrogen and oxygen atoms in total. The lowest BCUT2D eigenvalue weighted by Crippen LogP contribution is -2.17. The largest absolute Gasteiger partial charge is 0.573 e. The van der Waals surface area contributed by atoms with E-state index in [9.17, 15) is 18.3 Å². The minimum Gasteiger partial charge on any atom is -0.406 e. The van der Waals surface area contributed by atoms with E-state index in [0.717, 1.165) is 12.1 Å². The fourth-order valence-corrected chi connectivity index (χ4v) is 1.57. The Morgan fingerprint density at radius 2 is 1.89 bits per heavy atom. The highest BCUT2D eigenvalue weighted by Gasteiger charge is 2.31. The van der Waals surface area contributed by atoms with Crippen LogP contribution in [0, 0.1) is 0 Å². The van der Waals surface area contributed by atoms with Gasteiger partial charge in [0.1, 0.15) is 11.9 Å². The van der Waals surface area contributed by atoms with Crippen molar-refractivity contribution in [1.82, 2.24) is 15.0 Å². The standard InChI is InChI=1S/C11H10F3N3O2/c1-17-9(6-15-16-17)10(18)7-2-4-8(5-3-7)19-11(12,13)14/h2-6,10,18H,1H3. The number of hydrogen-bond donors (Lipinski definition) is 1. The molecule has 2 rings (SSSR count). The first-order chi connectivity index (χ1) is 8.87. The van der Waals surface area contributed by atoms with E-state index in [2.05, 4.69) is 15.0 Å². The Labute approximate surface area is 106 Å². The maximum atomic E-state index is 12.0. The third-order valence-electron chi connectivity index (χ3n) is 2.46. The molecule has 0 fully saturated rings. The van der Waals surface area contributed by atoms with Crippen LogP contribution in [0.4, 0.5) is 13.2 Å². The van der Waals surface area contributed by atoms with E-state index in [0.29, 0.717) is 11.3 Å². The number of aryl methyl sites for hydroxylation is 1. The number of halogens is 3. The normalized spacial score (nSPS) is 13.3. The molecule has 1 aromatic heterocycles. The minimum atomic E-state index is -4.73. The van der Waals surface area contributed by atoms with Gasteiger partial charge < -0.3 is 9.84 Å². The summed E-state index contributed by atoms with van der Waals surface area (Å²) in [5.74, 6) is -0.341. The number of ether oxygens (including phenoxy) is 1. The van der Waals surface area contributed by atoms with Gasteiger partial charge in [0, 0.05) is 7.05 Å². The first-order valence-corrected chi connectivity index (χ1v) is 5.25. The summed E-state index contributed by atoms with van der Waals surface area (Å²) in [6, 6.07) is 4.96. The molecule has 0 aliphatic heterocycles. The molecular formula is C11H10F3N3O2. The molecule has 1 N–H and O–H groups in total. The summed E-state index contributed by atoms with van der Waals surface area (Å²) in [6.07, 6.45) is -4.36. The lowest BCUT2D eigenvalue weighted by Gasteiger charge is -2.12. The molecule has 0 amide bonds. The number of rotatable bonds is 3. The molecule has 1 heterocycles. The van der Waals surface area contributed by atoms with Crippen molar-refractivity contribution < 1.29 is 23.0 Å². The number of aliphatic hydroxyl groups is 1. The summed E-state index contributed by atoms with van der Waals surface area (Å²) < 4.78 is 41.1. The van der Waals surface area contributed by atoms with E-state index in [-0.39, 0.29) is 5.75 Å². The number of aliphatic hydroxyl groups excluding tert-OH is 1. The maximum absolute atomic E-state index is 12.0. The molecule has 0 saturated carbocycles. The van der Waals surface area contributed by atoms with E-state index in [1.54, 1.807) is 7.05 Å². The van der Waals surface area contributed by atoms with Crippen molar-refractivity contribution in [1.29, 1.82) is 0 Å². The van der Waals surface area contributed by atoms with Gasteiger partial charge in [0.25, 0.3) is 0 Å². The van der Waals surface area contributed by atoms with Gasteiger partial charge in [-0.15, -0.1) is 18.3 Å². The van der Waals surface area contributed by atoms with E-state index in [1.807, 2.05) is 0 Å². The van der Waals surface area contributed by atoms with Gasteiger partial charge in [-0.2, -0.15) is 0 Å². The molecule has 0 aliphatic carbocycles. The van der Waals surface area contributed by atoms with Gasteiger partial charge in [-0.05, 0) is 17.7 Å².